The van der Waals surface area contributed by atoms with Gasteiger partial charge in [0.05, 0.1) is 7.11 Å². The number of anilines is 2. The number of benzene rings is 1. The molecule has 6 nitrogen and oxygen atoms in total. The van der Waals surface area contributed by atoms with Crippen molar-refractivity contribution >= 4 is 17.3 Å². The minimum atomic E-state index is -0.525. The van der Waals surface area contributed by atoms with Gasteiger partial charge in [-0.2, -0.15) is 0 Å². The van der Waals surface area contributed by atoms with E-state index in [2.05, 4.69) is 5.32 Å². The van der Waals surface area contributed by atoms with Crippen molar-refractivity contribution in [3.05, 3.63) is 52.7 Å². The lowest BCUT2D eigenvalue weighted by Crippen LogP contribution is -2.27. The topological polar surface area (TPSA) is 86.3 Å². The monoisotopic (exact) mass is 291 g/mol. The fourth-order valence-electron chi connectivity index (χ4n) is 1.77. The maximum atomic E-state index is 13.3. The van der Waals surface area contributed by atoms with Gasteiger partial charge in [-0.05, 0) is 18.2 Å². The van der Waals surface area contributed by atoms with Crippen molar-refractivity contribution in [1.29, 1.82) is 0 Å². The molecule has 0 saturated carbocycles. The molecule has 0 unspecified atom stereocenters. The SMILES string of the molecule is COc1cc(NC(=O)Cn2cc(N)ccc2=O)ccc1F. The van der Waals surface area contributed by atoms with Crippen LogP contribution in [0.5, 0.6) is 5.75 Å². The van der Waals surface area contributed by atoms with E-state index in [1.807, 2.05) is 0 Å². The number of ether oxygens (including phenoxy) is 1. The number of rotatable bonds is 4. The molecule has 0 saturated heterocycles. The molecule has 2 aromatic rings. The second kappa shape index (κ2) is 6.08. The number of nitrogens with two attached hydrogens (primary N) is 1. The zero-order chi connectivity index (χ0) is 15.4. The van der Waals surface area contributed by atoms with Crippen molar-refractivity contribution in [2.45, 2.75) is 6.54 Å². The summed E-state index contributed by atoms with van der Waals surface area (Å²) in [4.78, 5) is 23.4. The molecule has 3 N–H and O–H groups in total. The molecule has 7 heteroatoms. The zero-order valence-electron chi connectivity index (χ0n) is 11.3. The molecule has 1 heterocycles. The lowest BCUT2D eigenvalue weighted by atomic mass is 10.3. The Balaban J connectivity index is 2.11. The molecule has 21 heavy (non-hydrogen) atoms. The normalized spacial score (nSPS) is 10.2. The van der Waals surface area contributed by atoms with Crippen LogP contribution in [0.15, 0.2) is 41.3 Å². The number of hydrogen-bond acceptors (Lipinski definition) is 4. The summed E-state index contributed by atoms with van der Waals surface area (Å²) in [5, 5.41) is 2.55. The van der Waals surface area contributed by atoms with E-state index in [-0.39, 0.29) is 17.9 Å². The van der Waals surface area contributed by atoms with E-state index in [1.165, 1.54) is 48.2 Å². The van der Waals surface area contributed by atoms with E-state index >= 15 is 0 Å². The van der Waals surface area contributed by atoms with Gasteiger partial charge in [0.25, 0.3) is 5.56 Å². The summed E-state index contributed by atoms with van der Waals surface area (Å²) in [5.41, 5.74) is 5.97. The van der Waals surface area contributed by atoms with E-state index in [1.54, 1.807) is 0 Å². The smallest absolute Gasteiger partial charge is 0.251 e. The second-order valence-electron chi connectivity index (χ2n) is 4.33. The highest BCUT2D eigenvalue weighted by Gasteiger charge is 2.08. The van der Waals surface area contributed by atoms with Crippen molar-refractivity contribution in [3.8, 4) is 5.75 Å². The fraction of sp³-hybridized carbons (Fsp3) is 0.143. The summed E-state index contributed by atoms with van der Waals surface area (Å²) < 4.78 is 19.3. The minimum absolute atomic E-state index is 0.0222. The van der Waals surface area contributed by atoms with Gasteiger partial charge in [-0.1, -0.05) is 0 Å². The first-order valence-electron chi connectivity index (χ1n) is 6.09. The largest absolute Gasteiger partial charge is 0.494 e. The number of aromatic nitrogens is 1. The van der Waals surface area contributed by atoms with Crippen molar-refractivity contribution in [1.82, 2.24) is 4.57 Å². The molecular weight excluding hydrogens is 277 g/mol. The molecule has 1 amide bonds. The standard InChI is InChI=1S/C14H14FN3O3/c1-21-12-6-10(3-4-11(12)15)17-13(19)8-18-7-9(16)2-5-14(18)20/h2-7H,8,16H2,1H3,(H,17,19). The number of nitrogens with one attached hydrogen (secondary N) is 1. The highest BCUT2D eigenvalue weighted by Crippen LogP contribution is 2.21. The van der Waals surface area contributed by atoms with Gasteiger partial charge in [0.2, 0.25) is 5.91 Å². The van der Waals surface area contributed by atoms with Crippen molar-refractivity contribution in [2.24, 2.45) is 0 Å². The third-order valence-corrected chi connectivity index (χ3v) is 2.76. The Morgan fingerprint density at radius 1 is 1.38 bits per heavy atom. The Kier molecular flexibility index (Phi) is 4.22. The van der Waals surface area contributed by atoms with Crippen LogP contribution in [0.25, 0.3) is 0 Å². The van der Waals surface area contributed by atoms with Crippen LogP contribution in [0.3, 0.4) is 0 Å². The molecule has 0 bridgehead atoms. The van der Waals surface area contributed by atoms with Crippen LogP contribution in [0, 0.1) is 5.82 Å². The first-order chi connectivity index (χ1) is 9.99. The molecule has 1 aromatic carbocycles. The Morgan fingerprint density at radius 2 is 2.14 bits per heavy atom. The van der Waals surface area contributed by atoms with Gasteiger partial charge in [0.1, 0.15) is 6.54 Å². The fourth-order valence-corrected chi connectivity index (χ4v) is 1.77. The molecule has 0 radical (unpaired) electrons. The Morgan fingerprint density at radius 3 is 2.86 bits per heavy atom. The summed E-state index contributed by atoms with van der Waals surface area (Å²) in [6.45, 7) is -0.191. The Labute approximate surface area is 120 Å². The van der Waals surface area contributed by atoms with Crippen LogP contribution in [0.2, 0.25) is 0 Å². The molecule has 0 fully saturated rings. The van der Waals surface area contributed by atoms with Crippen molar-refractivity contribution in [2.75, 3.05) is 18.2 Å². The van der Waals surface area contributed by atoms with E-state index in [0.29, 0.717) is 11.4 Å². The van der Waals surface area contributed by atoms with Gasteiger partial charge in [-0.15, -0.1) is 0 Å². The van der Waals surface area contributed by atoms with Crippen LogP contribution in [0.4, 0.5) is 15.8 Å². The molecule has 0 aliphatic heterocycles. The minimum Gasteiger partial charge on any atom is -0.494 e. The molecule has 0 atom stereocenters. The van der Waals surface area contributed by atoms with Crippen LogP contribution < -0.4 is 21.3 Å². The average molecular weight is 291 g/mol. The van der Waals surface area contributed by atoms with Crippen LogP contribution in [0.1, 0.15) is 0 Å². The molecule has 0 aliphatic rings. The third kappa shape index (κ3) is 3.59. The maximum absolute atomic E-state index is 13.3. The van der Waals surface area contributed by atoms with Gasteiger partial charge >= 0.3 is 0 Å². The molecule has 0 spiro atoms. The lowest BCUT2D eigenvalue weighted by molar-refractivity contribution is -0.116. The predicted octanol–water partition coefficient (Wildman–Crippen LogP) is 1.22. The second-order valence-corrected chi connectivity index (χ2v) is 4.33. The highest BCUT2D eigenvalue weighted by atomic mass is 19.1. The highest BCUT2D eigenvalue weighted by molar-refractivity contribution is 5.90. The Hall–Kier alpha value is -2.83. The number of methoxy groups -OCH3 is 1. The predicted molar refractivity (Wildman–Crippen MR) is 76.7 cm³/mol. The average Bonchev–Trinajstić information content (AvgIpc) is 2.45. The van der Waals surface area contributed by atoms with E-state index < -0.39 is 11.7 Å². The number of amides is 1. The lowest BCUT2D eigenvalue weighted by Gasteiger charge is -2.09. The van der Waals surface area contributed by atoms with Crippen molar-refractivity contribution in [3.63, 3.8) is 0 Å². The van der Waals surface area contributed by atoms with Gasteiger partial charge < -0.3 is 20.4 Å². The number of nitrogens with zero attached hydrogens (tertiary/aromatic N) is 1. The molecule has 0 aliphatic carbocycles. The number of pyridine rings is 1. The van der Waals surface area contributed by atoms with Gasteiger partial charge in [0, 0.05) is 29.7 Å². The number of nitrogen functional groups attached to an aromatic ring is 1. The number of halogens is 1. The maximum Gasteiger partial charge on any atom is 0.251 e. The third-order valence-electron chi connectivity index (χ3n) is 2.76. The summed E-state index contributed by atoms with van der Waals surface area (Å²) in [6.07, 6.45) is 1.38. The summed E-state index contributed by atoms with van der Waals surface area (Å²) in [5.74, 6) is -0.937. The van der Waals surface area contributed by atoms with Crippen LogP contribution >= 0.6 is 0 Å². The van der Waals surface area contributed by atoms with E-state index in [0.717, 1.165) is 0 Å². The Bertz CT molecular complexity index is 728. The number of hydrogen-bond donors (Lipinski definition) is 2. The summed E-state index contributed by atoms with van der Waals surface area (Å²) in [6, 6.07) is 6.68. The van der Waals surface area contributed by atoms with Crippen LogP contribution in [-0.4, -0.2) is 17.6 Å². The quantitative estimate of drug-likeness (QED) is 0.886. The molecular formula is C14H14FN3O3. The molecule has 110 valence electrons. The molecule has 2 rings (SSSR count). The number of carbonyl (C=O) groups is 1. The zero-order valence-corrected chi connectivity index (χ0v) is 11.3. The van der Waals surface area contributed by atoms with Gasteiger partial charge in [-0.3, -0.25) is 9.59 Å². The van der Waals surface area contributed by atoms with E-state index in [4.69, 9.17) is 10.5 Å². The van der Waals surface area contributed by atoms with Gasteiger partial charge in [0.15, 0.2) is 11.6 Å². The molecule has 1 aromatic heterocycles. The summed E-state index contributed by atoms with van der Waals surface area (Å²) >= 11 is 0. The first-order valence-corrected chi connectivity index (χ1v) is 6.09. The first kappa shape index (κ1) is 14.6. The van der Waals surface area contributed by atoms with E-state index in [9.17, 15) is 14.0 Å². The number of carbonyl (C=O) groups excluding carboxylic acids is 1. The van der Waals surface area contributed by atoms with Crippen LogP contribution in [-0.2, 0) is 11.3 Å². The summed E-state index contributed by atoms with van der Waals surface area (Å²) in [7, 11) is 1.33. The van der Waals surface area contributed by atoms with Crippen molar-refractivity contribution < 1.29 is 13.9 Å². The van der Waals surface area contributed by atoms with Gasteiger partial charge in [-0.25, -0.2) is 4.39 Å².